The number of hydrogen-bond acceptors (Lipinski definition) is 3. The van der Waals surface area contributed by atoms with E-state index in [0.717, 1.165) is 28.1 Å². The molecule has 1 amide bonds. The van der Waals surface area contributed by atoms with Crippen molar-refractivity contribution in [2.24, 2.45) is 0 Å². The summed E-state index contributed by atoms with van der Waals surface area (Å²) in [6.45, 7) is 0. The summed E-state index contributed by atoms with van der Waals surface area (Å²) in [6.07, 6.45) is 0.390. The van der Waals surface area contributed by atoms with Gasteiger partial charge in [0, 0.05) is 26.6 Å². The highest BCUT2D eigenvalue weighted by Crippen LogP contribution is 2.17. The molecular formula is C17H18F2N2O3S. The van der Waals surface area contributed by atoms with E-state index < -0.39 is 27.6 Å². The summed E-state index contributed by atoms with van der Waals surface area (Å²) in [5.74, 6) is -1.82. The summed E-state index contributed by atoms with van der Waals surface area (Å²) in [7, 11) is -0.610. The molecule has 2 aromatic carbocycles. The Kier molecular flexibility index (Phi) is 5.86. The van der Waals surface area contributed by atoms with Crippen LogP contribution in [-0.4, -0.2) is 32.7 Å². The van der Waals surface area contributed by atoms with Crippen LogP contribution in [0.2, 0.25) is 0 Å². The second-order valence-corrected chi connectivity index (χ2v) is 7.76. The summed E-state index contributed by atoms with van der Waals surface area (Å²) >= 11 is 0. The van der Waals surface area contributed by atoms with Crippen molar-refractivity contribution in [2.45, 2.75) is 17.7 Å². The SMILES string of the molecule is CN(C)S(=O)(=O)c1ccc(CCC(=O)Nc2cc(F)ccc2F)cc1. The molecule has 0 heterocycles. The maximum atomic E-state index is 13.5. The first-order chi connectivity index (χ1) is 11.7. The van der Waals surface area contributed by atoms with Gasteiger partial charge in [-0.25, -0.2) is 21.5 Å². The summed E-state index contributed by atoms with van der Waals surface area (Å²) in [4.78, 5) is 12.0. The fourth-order valence-electron chi connectivity index (χ4n) is 2.10. The quantitative estimate of drug-likeness (QED) is 0.853. The fraction of sp³-hybridized carbons (Fsp3) is 0.235. The molecule has 0 spiro atoms. The Bertz CT molecular complexity index is 866. The Morgan fingerprint density at radius 3 is 2.32 bits per heavy atom. The molecule has 5 nitrogen and oxygen atoms in total. The van der Waals surface area contributed by atoms with Crippen LogP contribution >= 0.6 is 0 Å². The van der Waals surface area contributed by atoms with Crippen LogP contribution in [0.1, 0.15) is 12.0 Å². The zero-order chi connectivity index (χ0) is 18.6. The van der Waals surface area contributed by atoms with Gasteiger partial charge in [-0.15, -0.1) is 0 Å². The number of sulfonamides is 1. The van der Waals surface area contributed by atoms with E-state index >= 15 is 0 Å². The van der Waals surface area contributed by atoms with Crippen molar-refractivity contribution in [2.75, 3.05) is 19.4 Å². The zero-order valence-corrected chi connectivity index (χ0v) is 14.6. The second-order valence-electron chi connectivity index (χ2n) is 5.60. The molecule has 1 N–H and O–H groups in total. The zero-order valence-electron chi connectivity index (χ0n) is 13.8. The molecule has 0 aliphatic rings. The topological polar surface area (TPSA) is 66.5 Å². The molecule has 134 valence electrons. The molecule has 0 aliphatic heterocycles. The number of nitrogens with zero attached hydrogens (tertiary/aromatic N) is 1. The van der Waals surface area contributed by atoms with Crippen molar-refractivity contribution in [1.82, 2.24) is 4.31 Å². The molecule has 2 rings (SSSR count). The summed E-state index contributed by atoms with van der Waals surface area (Å²) < 4.78 is 51.6. The van der Waals surface area contributed by atoms with E-state index in [1.807, 2.05) is 0 Å². The lowest BCUT2D eigenvalue weighted by molar-refractivity contribution is -0.116. The van der Waals surface area contributed by atoms with Gasteiger partial charge in [-0.2, -0.15) is 0 Å². The first-order valence-corrected chi connectivity index (χ1v) is 8.90. The molecule has 0 bridgehead atoms. The number of anilines is 1. The van der Waals surface area contributed by atoms with Crippen LogP contribution in [0.3, 0.4) is 0 Å². The monoisotopic (exact) mass is 368 g/mol. The van der Waals surface area contributed by atoms with E-state index in [1.54, 1.807) is 12.1 Å². The number of hydrogen-bond donors (Lipinski definition) is 1. The third-order valence-corrected chi connectivity index (χ3v) is 5.37. The minimum Gasteiger partial charge on any atom is -0.324 e. The van der Waals surface area contributed by atoms with Gasteiger partial charge in [-0.05, 0) is 36.2 Å². The minimum absolute atomic E-state index is 0.0513. The Morgan fingerprint density at radius 2 is 1.72 bits per heavy atom. The third-order valence-electron chi connectivity index (χ3n) is 3.55. The van der Waals surface area contributed by atoms with Crippen molar-refractivity contribution in [1.29, 1.82) is 0 Å². The summed E-state index contributed by atoms with van der Waals surface area (Å²) in [5.41, 5.74) is 0.546. The van der Waals surface area contributed by atoms with E-state index in [0.29, 0.717) is 6.42 Å². The van der Waals surface area contributed by atoms with Gasteiger partial charge in [0.05, 0.1) is 10.6 Å². The van der Waals surface area contributed by atoms with Gasteiger partial charge in [0.2, 0.25) is 15.9 Å². The average molecular weight is 368 g/mol. The van der Waals surface area contributed by atoms with E-state index in [2.05, 4.69) is 5.32 Å². The van der Waals surface area contributed by atoms with Crippen LogP contribution in [0.5, 0.6) is 0 Å². The van der Waals surface area contributed by atoms with Gasteiger partial charge in [-0.1, -0.05) is 12.1 Å². The largest absolute Gasteiger partial charge is 0.324 e. The molecule has 0 fully saturated rings. The molecule has 0 aliphatic carbocycles. The van der Waals surface area contributed by atoms with Gasteiger partial charge in [-0.3, -0.25) is 4.79 Å². The Morgan fingerprint density at radius 1 is 1.08 bits per heavy atom. The van der Waals surface area contributed by atoms with Crippen LogP contribution in [-0.2, 0) is 21.2 Å². The molecule has 0 radical (unpaired) electrons. The van der Waals surface area contributed by atoms with E-state index in [1.165, 1.54) is 26.2 Å². The van der Waals surface area contributed by atoms with E-state index in [-0.39, 0.29) is 17.0 Å². The average Bonchev–Trinajstić information content (AvgIpc) is 2.56. The predicted molar refractivity (Wildman–Crippen MR) is 90.6 cm³/mol. The lowest BCUT2D eigenvalue weighted by Crippen LogP contribution is -2.22. The molecule has 0 aromatic heterocycles. The van der Waals surface area contributed by atoms with Gasteiger partial charge in [0.25, 0.3) is 0 Å². The molecule has 0 saturated carbocycles. The maximum Gasteiger partial charge on any atom is 0.242 e. The van der Waals surface area contributed by atoms with Gasteiger partial charge >= 0.3 is 0 Å². The van der Waals surface area contributed by atoms with Crippen molar-refractivity contribution in [3.8, 4) is 0 Å². The highest BCUT2D eigenvalue weighted by atomic mass is 32.2. The molecule has 0 unspecified atom stereocenters. The van der Waals surface area contributed by atoms with Crippen LogP contribution in [0.15, 0.2) is 47.4 Å². The highest BCUT2D eigenvalue weighted by molar-refractivity contribution is 7.89. The number of benzene rings is 2. The lowest BCUT2D eigenvalue weighted by atomic mass is 10.1. The maximum absolute atomic E-state index is 13.5. The van der Waals surface area contributed by atoms with Crippen LogP contribution < -0.4 is 5.32 Å². The highest BCUT2D eigenvalue weighted by Gasteiger charge is 2.16. The van der Waals surface area contributed by atoms with Gasteiger partial charge in [0.1, 0.15) is 11.6 Å². The number of halogens is 2. The molecular weight excluding hydrogens is 350 g/mol. The Labute approximate surface area is 145 Å². The van der Waals surface area contributed by atoms with E-state index in [4.69, 9.17) is 0 Å². The first-order valence-electron chi connectivity index (χ1n) is 7.46. The first kappa shape index (κ1) is 19.0. The van der Waals surface area contributed by atoms with Crippen molar-refractivity contribution in [3.05, 3.63) is 59.7 Å². The fourth-order valence-corrected chi connectivity index (χ4v) is 3.00. The molecule has 8 heteroatoms. The molecule has 0 atom stereocenters. The van der Waals surface area contributed by atoms with Gasteiger partial charge < -0.3 is 5.32 Å². The predicted octanol–water partition coefficient (Wildman–Crippen LogP) is 2.79. The molecule has 0 saturated heterocycles. The Balaban J connectivity index is 1.97. The lowest BCUT2D eigenvalue weighted by Gasteiger charge is -2.11. The van der Waals surface area contributed by atoms with E-state index in [9.17, 15) is 22.0 Å². The number of aryl methyl sites for hydroxylation is 1. The second kappa shape index (κ2) is 7.71. The molecule has 2 aromatic rings. The van der Waals surface area contributed by atoms with Crippen LogP contribution in [0, 0.1) is 11.6 Å². The summed E-state index contributed by atoms with van der Waals surface area (Å²) in [5, 5.41) is 2.32. The van der Waals surface area contributed by atoms with Crippen LogP contribution in [0.4, 0.5) is 14.5 Å². The Hall–Kier alpha value is -2.32. The molecule has 25 heavy (non-hydrogen) atoms. The number of nitrogens with one attached hydrogen (secondary N) is 1. The van der Waals surface area contributed by atoms with Crippen molar-refractivity contribution < 1.29 is 22.0 Å². The van der Waals surface area contributed by atoms with Crippen LogP contribution in [0.25, 0.3) is 0 Å². The minimum atomic E-state index is -3.50. The number of amides is 1. The summed E-state index contributed by atoms with van der Waals surface area (Å²) in [6, 6.07) is 8.99. The van der Waals surface area contributed by atoms with Gasteiger partial charge in [0.15, 0.2) is 0 Å². The number of carbonyl (C=O) groups is 1. The standard InChI is InChI=1S/C17H18F2N2O3S/c1-21(2)25(23,24)14-7-3-12(4-8-14)5-10-17(22)20-16-11-13(18)6-9-15(16)19/h3-4,6-9,11H,5,10H2,1-2H3,(H,20,22). The third kappa shape index (κ3) is 4.83. The number of carbonyl (C=O) groups excluding carboxylic acids is 1. The van der Waals surface area contributed by atoms with Crippen molar-refractivity contribution >= 4 is 21.6 Å². The smallest absolute Gasteiger partial charge is 0.242 e. The normalized spacial score (nSPS) is 11.6. The van der Waals surface area contributed by atoms with Crippen molar-refractivity contribution in [3.63, 3.8) is 0 Å². The number of rotatable bonds is 6.